The largest absolute Gasteiger partial charge is 0.493 e. The average molecular weight is 377 g/mol. The summed E-state index contributed by atoms with van der Waals surface area (Å²) in [4.78, 5) is 24.4. The van der Waals surface area contributed by atoms with Crippen LogP contribution in [0.1, 0.15) is 27.3 Å². The fourth-order valence-corrected chi connectivity index (χ4v) is 3.07. The van der Waals surface area contributed by atoms with E-state index in [1.165, 1.54) is 12.1 Å². The molecule has 1 aromatic heterocycles. The Balaban J connectivity index is 1.82. The van der Waals surface area contributed by atoms with Gasteiger partial charge in [-0.2, -0.15) is 0 Å². The summed E-state index contributed by atoms with van der Waals surface area (Å²) >= 11 is 0. The molecule has 0 unspecified atom stereocenters. The normalized spacial score (nSPS) is 10.5. The first-order valence-electron chi connectivity index (χ1n) is 9.04. The molecule has 0 bridgehead atoms. The van der Waals surface area contributed by atoms with Gasteiger partial charge in [-0.05, 0) is 37.6 Å². The monoisotopic (exact) mass is 377 g/mol. The quantitative estimate of drug-likeness (QED) is 0.585. The summed E-state index contributed by atoms with van der Waals surface area (Å²) in [5.74, 6) is 1.02. The topological polar surface area (TPSA) is 57.5 Å². The number of carbonyl (C=O) groups is 1. The maximum Gasteiger partial charge on any atom is 0.182 e. The Bertz CT molecular complexity index is 1010. The Kier molecular flexibility index (Phi) is 5.94. The number of aromatic nitrogens is 1. The van der Waals surface area contributed by atoms with Gasteiger partial charge in [-0.3, -0.25) is 9.59 Å². The highest BCUT2D eigenvalue weighted by molar-refractivity contribution is 5.96. The molecule has 1 heterocycles. The number of ether oxygens (including phenoxy) is 2. The van der Waals surface area contributed by atoms with Crippen LogP contribution in [-0.4, -0.2) is 17.5 Å². The average Bonchev–Trinajstić information content (AvgIpc) is 2.69. The lowest BCUT2D eigenvalue weighted by Crippen LogP contribution is -2.18. The number of pyridine rings is 1. The highest BCUT2D eigenvalue weighted by Crippen LogP contribution is 2.29. The van der Waals surface area contributed by atoms with E-state index in [1.54, 1.807) is 25.3 Å². The molecule has 0 N–H and O–H groups in total. The van der Waals surface area contributed by atoms with Gasteiger partial charge in [0.25, 0.3) is 0 Å². The van der Waals surface area contributed by atoms with Gasteiger partial charge in [0.2, 0.25) is 0 Å². The highest BCUT2D eigenvalue weighted by atomic mass is 16.5. The van der Waals surface area contributed by atoms with Crippen LogP contribution < -0.4 is 14.9 Å². The van der Waals surface area contributed by atoms with Gasteiger partial charge in [0, 0.05) is 29.1 Å². The van der Waals surface area contributed by atoms with Gasteiger partial charge >= 0.3 is 0 Å². The summed E-state index contributed by atoms with van der Waals surface area (Å²) in [7, 11) is 1.57. The standard InChI is InChI=1S/C23H23NO4/c1-16-11-20(25)12-17(2)24(16)14-21(26)19-9-10-22(27-3)23(13-19)28-15-18-7-5-4-6-8-18/h4-13H,14-15H2,1-3H3. The maximum atomic E-state index is 12.8. The van der Waals surface area contributed by atoms with E-state index in [-0.39, 0.29) is 17.8 Å². The summed E-state index contributed by atoms with van der Waals surface area (Å²) in [6, 6.07) is 18.0. The van der Waals surface area contributed by atoms with Crippen molar-refractivity contribution in [1.29, 1.82) is 0 Å². The van der Waals surface area contributed by atoms with Crippen molar-refractivity contribution in [2.24, 2.45) is 0 Å². The van der Waals surface area contributed by atoms with Crippen molar-refractivity contribution >= 4 is 5.78 Å². The van der Waals surface area contributed by atoms with Crippen LogP contribution in [0.25, 0.3) is 0 Å². The predicted molar refractivity (Wildman–Crippen MR) is 108 cm³/mol. The van der Waals surface area contributed by atoms with E-state index in [0.29, 0.717) is 23.7 Å². The minimum Gasteiger partial charge on any atom is -0.493 e. The Morgan fingerprint density at radius 3 is 2.25 bits per heavy atom. The third kappa shape index (κ3) is 4.49. The van der Waals surface area contributed by atoms with E-state index in [4.69, 9.17) is 9.47 Å². The molecule has 2 aromatic carbocycles. The molecular formula is C23H23NO4. The molecule has 3 aromatic rings. The van der Waals surface area contributed by atoms with E-state index in [9.17, 15) is 9.59 Å². The van der Waals surface area contributed by atoms with Crippen LogP contribution in [-0.2, 0) is 13.2 Å². The fraction of sp³-hybridized carbons (Fsp3) is 0.217. The third-order valence-corrected chi connectivity index (χ3v) is 4.58. The number of ketones is 1. The molecule has 0 aliphatic rings. The SMILES string of the molecule is COc1ccc(C(=O)Cn2c(C)cc(=O)cc2C)cc1OCc1ccccc1. The summed E-state index contributed by atoms with van der Waals surface area (Å²) in [5.41, 5.74) is 3.02. The number of nitrogens with zero attached hydrogens (tertiary/aromatic N) is 1. The van der Waals surface area contributed by atoms with Gasteiger partial charge in [-0.25, -0.2) is 0 Å². The smallest absolute Gasteiger partial charge is 0.182 e. The number of benzene rings is 2. The molecule has 0 amide bonds. The van der Waals surface area contributed by atoms with E-state index in [1.807, 2.05) is 48.7 Å². The van der Waals surface area contributed by atoms with Crippen molar-refractivity contribution in [3.63, 3.8) is 0 Å². The molecule has 0 radical (unpaired) electrons. The summed E-state index contributed by atoms with van der Waals surface area (Å²) in [6.07, 6.45) is 0. The van der Waals surface area contributed by atoms with Crippen molar-refractivity contribution < 1.29 is 14.3 Å². The zero-order chi connectivity index (χ0) is 20.1. The van der Waals surface area contributed by atoms with E-state index in [0.717, 1.165) is 17.0 Å². The Labute approximate surface area is 164 Å². The van der Waals surface area contributed by atoms with Crippen molar-refractivity contribution in [3.8, 4) is 11.5 Å². The lowest BCUT2D eigenvalue weighted by molar-refractivity contribution is 0.0969. The van der Waals surface area contributed by atoms with Crippen LogP contribution in [0.4, 0.5) is 0 Å². The maximum absolute atomic E-state index is 12.8. The van der Waals surface area contributed by atoms with Crippen molar-refractivity contribution in [3.05, 3.63) is 93.4 Å². The van der Waals surface area contributed by atoms with Crippen LogP contribution >= 0.6 is 0 Å². The molecule has 0 spiro atoms. The fourth-order valence-electron chi connectivity index (χ4n) is 3.07. The van der Waals surface area contributed by atoms with Gasteiger partial charge in [0.1, 0.15) is 6.61 Å². The predicted octanol–water partition coefficient (Wildman–Crippen LogP) is 3.94. The lowest BCUT2D eigenvalue weighted by Gasteiger charge is -2.15. The third-order valence-electron chi connectivity index (χ3n) is 4.58. The molecule has 0 atom stereocenters. The van der Waals surface area contributed by atoms with E-state index in [2.05, 4.69) is 0 Å². The summed E-state index contributed by atoms with van der Waals surface area (Å²) in [6.45, 7) is 4.18. The van der Waals surface area contributed by atoms with Gasteiger partial charge in [-0.1, -0.05) is 30.3 Å². The molecular weight excluding hydrogens is 354 g/mol. The van der Waals surface area contributed by atoms with E-state index < -0.39 is 0 Å². The van der Waals surface area contributed by atoms with Crippen LogP contribution in [0.3, 0.4) is 0 Å². The Morgan fingerprint density at radius 1 is 0.929 bits per heavy atom. The van der Waals surface area contributed by atoms with Crippen molar-refractivity contribution in [2.75, 3.05) is 7.11 Å². The molecule has 0 saturated heterocycles. The van der Waals surface area contributed by atoms with Crippen LogP contribution in [0, 0.1) is 13.8 Å². The molecule has 3 rings (SSSR count). The van der Waals surface area contributed by atoms with Crippen LogP contribution in [0.2, 0.25) is 0 Å². The number of carbonyl (C=O) groups excluding carboxylic acids is 1. The highest BCUT2D eigenvalue weighted by Gasteiger charge is 2.14. The summed E-state index contributed by atoms with van der Waals surface area (Å²) in [5, 5.41) is 0. The molecule has 144 valence electrons. The van der Waals surface area contributed by atoms with Crippen molar-refractivity contribution in [2.45, 2.75) is 27.0 Å². The molecule has 0 aliphatic heterocycles. The molecule has 0 saturated carbocycles. The lowest BCUT2D eigenvalue weighted by atomic mass is 10.1. The Hall–Kier alpha value is -3.34. The Morgan fingerprint density at radius 2 is 1.61 bits per heavy atom. The summed E-state index contributed by atoms with van der Waals surface area (Å²) < 4.78 is 13.1. The molecule has 5 heteroatoms. The first-order chi connectivity index (χ1) is 13.5. The number of rotatable bonds is 7. The van der Waals surface area contributed by atoms with Gasteiger partial charge in [-0.15, -0.1) is 0 Å². The zero-order valence-corrected chi connectivity index (χ0v) is 16.3. The van der Waals surface area contributed by atoms with Crippen molar-refractivity contribution in [1.82, 2.24) is 4.57 Å². The molecule has 5 nitrogen and oxygen atoms in total. The first-order valence-corrected chi connectivity index (χ1v) is 9.04. The second-order valence-corrected chi connectivity index (χ2v) is 6.62. The minimum absolute atomic E-state index is 0.0558. The first kappa shape index (κ1) is 19.4. The van der Waals surface area contributed by atoms with Gasteiger partial charge in [0.15, 0.2) is 22.7 Å². The number of aryl methyl sites for hydroxylation is 2. The molecule has 0 fully saturated rings. The second kappa shape index (κ2) is 8.57. The van der Waals surface area contributed by atoms with Crippen LogP contribution in [0.15, 0.2) is 65.5 Å². The number of hydrogen-bond acceptors (Lipinski definition) is 4. The zero-order valence-electron chi connectivity index (χ0n) is 16.3. The number of methoxy groups -OCH3 is 1. The molecule has 0 aliphatic carbocycles. The van der Waals surface area contributed by atoms with Gasteiger partial charge in [0.05, 0.1) is 13.7 Å². The number of Topliss-reactive ketones (excluding diaryl/α,β-unsaturated/α-hetero) is 1. The number of hydrogen-bond donors (Lipinski definition) is 0. The molecule has 28 heavy (non-hydrogen) atoms. The second-order valence-electron chi connectivity index (χ2n) is 6.62. The minimum atomic E-state index is -0.0675. The van der Waals surface area contributed by atoms with Crippen LogP contribution in [0.5, 0.6) is 11.5 Å². The van der Waals surface area contributed by atoms with E-state index >= 15 is 0 Å². The van der Waals surface area contributed by atoms with Gasteiger partial charge < -0.3 is 14.0 Å².